The number of aryl methyl sites for hydroxylation is 1. The zero-order valence-electron chi connectivity index (χ0n) is 18.5. The van der Waals surface area contributed by atoms with Gasteiger partial charge in [-0.1, -0.05) is 0 Å². The molecular formula is C23H29N3O3S2. The van der Waals surface area contributed by atoms with E-state index < -0.39 is 9.16 Å². The predicted octanol–water partition coefficient (Wildman–Crippen LogP) is 4.25. The predicted molar refractivity (Wildman–Crippen MR) is 135 cm³/mol. The molecule has 0 fully saturated rings. The lowest BCUT2D eigenvalue weighted by Gasteiger charge is -2.46. The van der Waals surface area contributed by atoms with Crippen LogP contribution in [0.3, 0.4) is 0 Å². The molecule has 0 aliphatic rings. The summed E-state index contributed by atoms with van der Waals surface area (Å²) >= 11 is 1.62. The maximum atomic E-state index is 13.4. The number of aromatic nitrogens is 3. The maximum Gasteiger partial charge on any atom is 0.263 e. The molecule has 0 aliphatic heterocycles. The molecule has 0 unspecified atom stereocenters. The Morgan fingerprint density at radius 2 is 1.97 bits per heavy atom. The first-order valence-electron chi connectivity index (χ1n) is 10.1. The Morgan fingerprint density at radius 1 is 1.19 bits per heavy atom. The smallest absolute Gasteiger partial charge is 0.263 e. The molecular weight excluding hydrogens is 430 g/mol. The summed E-state index contributed by atoms with van der Waals surface area (Å²) in [6.07, 6.45) is 11.0. The highest BCUT2D eigenvalue weighted by Gasteiger charge is 2.19. The lowest BCUT2D eigenvalue weighted by molar-refractivity contribution is 0.0879. The van der Waals surface area contributed by atoms with Gasteiger partial charge >= 0.3 is 0 Å². The molecule has 0 amide bonds. The second-order valence-electron chi connectivity index (χ2n) is 10.1. The van der Waals surface area contributed by atoms with Gasteiger partial charge in [-0.25, -0.2) is 4.98 Å². The number of phenols is 1. The molecule has 0 bridgehead atoms. The van der Waals surface area contributed by atoms with Crippen LogP contribution in [0, 0.1) is 6.92 Å². The maximum absolute atomic E-state index is 13.4. The van der Waals surface area contributed by atoms with Gasteiger partial charge < -0.3 is 9.84 Å². The number of thiol groups is 1. The van der Waals surface area contributed by atoms with E-state index in [2.05, 4.69) is 30.0 Å². The lowest BCUT2D eigenvalue weighted by Crippen LogP contribution is -2.27. The van der Waals surface area contributed by atoms with Crippen LogP contribution in [0.2, 0.25) is 0 Å². The third-order valence-electron chi connectivity index (χ3n) is 5.15. The SMILES string of the molecule is Cc1cc(O)cc2c(=O)n(COCC[SH](C)(C)(C)C)c(-c3cc4ccsc4cn3)nc12. The number of nitrogens with zero attached hydrogens (tertiary/aromatic N) is 3. The zero-order valence-corrected chi connectivity index (χ0v) is 20.3. The monoisotopic (exact) mass is 459 g/mol. The molecule has 8 heteroatoms. The number of aromatic hydroxyl groups is 1. The molecule has 4 aromatic rings. The van der Waals surface area contributed by atoms with Crippen molar-refractivity contribution >= 4 is 41.5 Å². The summed E-state index contributed by atoms with van der Waals surface area (Å²) in [5.41, 5.74) is 1.68. The van der Waals surface area contributed by atoms with Crippen LogP contribution in [0.5, 0.6) is 5.75 Å². The van der Waals surface area contributed by atoms with Gasteiger partial charge in [0.1, 0.15) is 18.2 Å². The van der Waals surface area contributed by atoms with Crippen LogP contribution in [-0.4, -0.2) is 57.0 Å². The number of phenolic OH excluding ortho intramolecular Hbond substituents is 1. The number of pyridine rings is 1. The molecule has 166 valence electrons. The highest BCUT2D eigenvalue weighted by molar-refractivity contribution is 8.47. The minimum absolute atomic E-state index is 0.0493. The van der Waals surface area contributed by atoms with Crippen LogP contribution < -0.4 is 5.56 Å². The van der Waals surface area contributed by atoms with E-state index in [1.165, 1.54) is 10.6 Å². The standard InChI is InChI=1S/C23H29N3O3S2/c1-15-10-17(27)12-18-21(15)25-22(19-11-16-6-8-30-20(16)13-24-19)26(23(18)28)14-29-7-9-31(2,3,4)5/h6,8,10-13,27,31H,7,9,14H2,1-5H3. The number of fused-ring (bicyclic) bond motifs is 2. The number of hydrogen-bond donors (Lipinski definition) is 2. The van der Waals surface area contributed by atoms with Crippen molar-refractivity contribution in [2.24, 2.45) is 0 Å². The Labute approximate surface area is 185 Å². The van der Waals surface area contributed by atoms with Gasteiger partial charge in [-0.3, -0.25) is 23.5 Å². The number of benzene rings is 1. The molecule has 31 heavy (non-hydrogen) atoms. The van der Waals surface area contributed by atoms with Crippen molar-refractivity contribution in [1.82, 2.24) is 14.5 Å². The largest absolute Gasteiger partial charge is 0.508 e. The van der Waals surface area contributed by atoms with E-state index in [0.717, 1.165) is 21.4 Å². The van der Waals surface area contributed by atoms with E-state index in [4.69, 9.17) is 9.72 Å². The average Bonchev–Trinajstić information content (AvgIpc) is 3.13. The molecule has 4 rings (SSSR count). The third-order valence-corrected chi connectivity index (χ3v) is 7.99. The van der Waals surface area contributed by atoms with Crippen LogP contribution in [-0.2, 0) is 11.5 Å². The number of rotatable bonds is 6. The Balaban J connectivity index is 1.82. The van der Waals surface area contributed by atoms with Gasteiger partial charge in [-0.2, -0.15) is 0 Å². The molecule has 0 spiro atoms. The first kappa shape index (κ1) is 21.8. The van der Waals surface area contributed by atoms with Crippen molar-refractivity contribution in [1.29, 1.82) is 0 Å². The van der Waals surface area contributed by atoms with Crippen LogP contribution in [0.15, 0.2) is 40.6 Å². The zero-order chi connectivity index (χ0) is 22.4. The summed E-state index contributed by atoms with van der Waals surface area (Å²) in [5.74, 6) is 1.49. The molecule has 1 aromatic carbocycles. The molecule has 3 heterocycles. The van der Waals surface area contributed by atoms with Crippen molar-refractivity contribution in [3.05, 3.63) is 51.8 Å². The fraction of sp³-hybridized carbons (Fsp3) is 0.348. The van der Waals surface area contributed by atoms with E-state index in [1.807, 2.05) is 30.6 Å². The minimum atomic E-state index is -1.70. The number of hydrogen-bond acceptors (Lipinski definition) is 6. The molecule has 0 radical (unpaired) electrons. The van der Waals surface area contributed by atoms with E-state index in [-0.39, 0.29) is 18.0 Å². The first-order chi connectivity index (χ1) is 14.5. The molecule has 0 atom stereocenters. The van der Waals surface area contributed by atoms with Gasteiger partial charge in [0, 0.05) is 6.20 Å². The third kappa shape index (κ3) is 4.76. The van der Waals surface area contributed by atoms with E-state index in [0.29, 0.717) is 29.0 Å². The molecule has 0 saturated heterocycles. The second kappa shape index (κ2) is 7.62. The fourth-order valence-corrected chi connectivity index (χ4v) is 4.97. The van der Waals surface area contributed by atoms with Crippen molar-refractivity contribution in [3.63, 3.8) is 0 Å². The van der Waals surface area contributed by atoms with Crippen molar-refractivity contribution in [2.45, 2.75) is 13.7 Å². The van der Waals surface area contributed by atoms with Gasteiger partial charge in [0.2, 0.25) is 0 Å². The molecule has 1 N–H and O–H groups in total. The Morgan fingerprint density at radius 3 is 2.71 bits per heavy atom. The molecule has 3 aromatic heterocycles. The normalized spacial score (nSPS) is 13.5. The summed E-state index contributed by atoms with van der Waals surface area (Å²) < 4.78 is 8.56. The summed E-state index contributed by atoms with van der Waals surface area (Å²) in [5, 5.41) is 13.5. The number of thiophene rings is 1. The minimum Gasteiger partial charge on any atom is -0.508 e. The van der Waals surface area contributed by atoms with Crippen LogP contribution in [0.25, 0.3) is 32.5 Å². The van der Waals surface area contributed by atoms with Crippen molar-refractivity contribution in [3.8, 4) is 17.3 Å². The highest BCUT2D eigenvalue weighted by atomic mass is 32.3. The molecule has 0 aliphatic carbocycles. The van der Waals surface area contributed by atoms with Crippen molar-refractivity contribution in [2.75, 3.05) is 37.4 Å². The van der Waals surface area contributed by atoms with Gasteiger partial charge in [0.15, 0.2) is 5.82 Å². The highest BCUT2D eigenvalue weighted by Crippen LogP contribution is 2.54. The molecule has 0 saturated carbocycles. The van der Waals surface area contributed by atoms with Gasteiger partial charge in [-0.15, -0.1) is 11.3 Å². The average molecular weight is 460 g/mol. The van der Waals surface area contributed by atoms with Crippen molar-refractivity contribution < 1.29 is 9.84 Å². The van der Waals surface area contributed by atoms with E-state index in [9.17, 15) is 9.90 Å². The quantitative estimate of drug-likeness (QED) is 0.333. The van der Waals surface area contributed by atoms with Crippen LogP contribution in [0.4, 0.5) is 0 Å². The summed E-state index contributed by atoms with van der Waals surface area (Å²) in [4.78, 5) is 22.8. The summed E-state index contributed by atoms with van der Waals surface area (Å²) in [7, 11) is -1.70. The number of ether oxygens (including phenoxy) is 1. The van der Waals surface area contributed by atoms with Gasteiger partial charge in [0.25, 0.3) is 5.56 Å². The second-order valence-corrected chi connectivity index (χ2v) is 19.4. The van der Waals surface area contributed by atoms with Gasteiger partial charge in [0.05, 0.1) is 22.2 Å². The first-order valence-corrected chi connectivity index (χ1v) is 15.2. The van der Waals surface area contributed by atoms with E-state index in [1.54, 1.807) is 17.4 Å². The fourth-order valence-electron chi connectivity index (χ4n) is 3.37. The lowest BCUT2D eigenvalue weighted by atomic mass is 10.1. The summed E-state index contributed by atoms with van der Waals surface area (Å²) in [6.45, 7) is 2.49. The Bertz CT molecular complexity index is 1340. The summed E-state index contributed by atoms with van der Waals surface area (Å²) in [6, 6.07) is 7.07. The Kier molecular flexibility index (Phi) is 5.36. The van der Waals surface area contributed by atoms with Crippen LogP contribution >= 0.6 is 20.5 Å². The molecule has 6 nitrogen and oxygen atoms in total. The topological polar surface area (TPSA) is 77.2 Å². The van der Waals surface area contributed by atoms with Gasteiger partial charge in [-0.05, 0) is 78.3 Å². The van der Waals surface area contributed by atoms with Crippen LogP contribution in [0.1, 0.15) is 5.56 Å². The Hall–Kier alpha value is -2.42. The van der Waals surface area contributed by atoms with E-state index >= 15 is 0 Å².